The molecule has 0 spiro atoms. The smallest absolute Gasteiger partial charge is 0.252 e. The Morgan fingerprint density at radius 1 is 0.333 bits per heavy atom. The van der Waals surface area contributed by atoms with Crippen LogP contribution in [-0.2, 0) is 0 Å². The third-order valence-corrected chi connectivity index (χ3v) is 11.0. The van der Waals surface area contributed by atoms with E-state index >= 15 is 0 Å². The molecule has 11 rings (SSSR count). The molecule has 0 unspecified atom stereocenters. The predicted molar refractivity (Wildman–Crippen MR) is 227 cm³/mol. The summed E-state index contributed by atoms with van der Waals surface area (Å²) in [6.45, 7) is 0.0774. The number of rotatable bonds is 5. The average molecular weight is 689 g/mol. The van der Waals surface area contributed by atoms with Crippen LogP contribution in [0.5, 0.6) is 0 Å². The molecule has 0 aliphatic carbocycles. The van der Waals surface area contributed by atoms with E-state index in [-0.39, 0.29) is 6.71 Å². The third-order valence-electron chi connectivity index (χ3n) is 11.0. The summed E-state index contributed by atoms with van der Waals surface area (Å²) in [4.78, 5) is 4.92. The van der Waals surface area contributed by atoms with Gasteiger partial charge in [-0.2, -0.15) is 0 Å². The van der Waals surface area contributed by atoms with Crippen LogP contribution in [0.15, 0.2) is 205 Å². The zero-order valence-corrected chi connectivity index (χ0v) is 29.4. The molecular weight excluding hydrogens is 655 g/mol. The Labute approximate surface area is 315 Å². The van der Waals surface area contributed by atoms with E-state index in [0.717, 1.165) is 55.9 Å². The second-order valence-corrected chi connectivity index (χ2v) is 14.1. The molecule has 0 fully saturated rings. The van der Waals surface area contributed by atoms with Crippen LogP contribution in [0.25, 0.3) is 44.5 Å². The van der Waals surface area contributed by atoms with Crippen molar-refractivity contribution in [3.05, 3.63) is 200 Å². The summed E-state index contributed by atoms with van der Waals surface area (Å²) in [5.74, 6) is 1.77. The van der Waals surface area contributed by atoms with Gasteiger partial charge in [-0.1, -0.05) is 146 Å². The Morgan fingerprint density at radius 2 is 0.778 bits per heavy atom. The van der Waals surface area contributed by atoms with Gasteiger partial charge in [0.2, 0.25) is 0 Å². The molecule has 8 aromatic carbocycles. The van der Waals surface area contributed by atoms with Crippen LogP contribution in [0.4, 0.5) is 34.1 Å². The van der Waals surface area contributed by atoms with E-state index in [2.05, 4.69) is 204 Å². The molecule has 0 saturated heterocycles. The normalized spacial score (nSPS) is 12.7. The van der Waals surface area contributed by atoms with E-state index in [1.54, 1.807) is 0 Å². The van der Waals surface area contributed by atoms with Crippen LogP contribution in [0.3, 0.4) is 0 Å². The van der Waals surface area contributed by atoms with Gasteiger partial charge in [0.15, 0.2) is 0 Å². The molecule has 3 nitrogen and oxygen atoms in total. The highest BCUT2D eigenvalue weighted by molar-refractivity contribution is 7.00. The lowest BCUT2D eigenvalue weighted by Gasteiger charge is -2.44. The molecule has 0 bridgehead atoms. The van der Waals surface area contributed by atoms with Crippen molar-refractivity contribution >= 4 is 68.0 Å². The van der Waals surface area contributed by atoms with Crippen molar-refractivity contribution in [2.45, 2.75) is 0 Å². The largest absolute Gasteiger partial charge is 0.455 e. The van der Waals surface area contributed by atoms with Gasteiger partial charge in [0.25, 0.3) is 6.71 Å². The maximum absolute atomic E-state index is 6.80. The van der Waals surface area contributed by atoms with Crippen molar-refractivity contribution in [3.63, 3.8) is 0 Å². The Balaban J connectivity index is 1.17. The highest BCUT2D eigenvalue weighted by atomic mass is 16.3. The molecule has 0 amide bonds. The summed E-state index contributed by atoms with van der Waals surface area (Å²) in [6, 6.07) is 72.0. The number of anilines is 6. The van der Waals surface area contributed by atoms with Crippen LogP contribution in [0, 0.1) is 0 Å². The number of hydrogen-bond donors (Lipinski definition) is 0. The maximum atomic E-state index is 6.80. The maximum Gasteiger partial charge on any atom is 0.252 e. The van der Waals surface area contributed by atoms with Gasteiger partial charge < -0.3 is 14.2 Å². The summed E-state index contributed by atoms with van der Waals surface area (Å²) in [6.07, 6.45) is 0. The fourth-order valence-corrected chi connectivity index (χ4v) is 8.72. The Morgan fingerprint density at radius 3 is 1.35 bits per heavy atom. The Kier molecular flexibility index (Phi) is 6.96. The fraction of sp³-hybridized carbons (Fsp3) is 0. The minimum Gasteiger partial charge on any atom is -0.455 e. The van der Waals surface area contributed by atoms with Crippen molar-refractivity contribution in [2.75, 3.05) is 9.80 Å². The van der Waals surface area contributed by atoms with Gasteiger partial charge >= 0.3 is 0 Å². The fourth-order valence-electron chi connectivity index (χ4n) is 8.72. The van der Waals surface area contributed by atoms with Crippen molar-refractivity contribution in [1.29, 1.82) is 0 Å². The summed E-state index contributed by atoms with van der Waals surface area (Å²) >= 11 is 0. The van der Waals surface area contributed by atoms with Crippen molar-refractivity contribution < 1.29 is 4.42 Å². The highest BCUT2D eigenvalue weighted by Gasteiger charge is 2.43. The van der Waals surface area contributed by atoms with Crippen molar-refractivity contribution in [1.82, 2.24) is 0 Å². The lowest BCUT2D eigenvalue weighted by Crippen LogP contribution is -2.61. The van der Waals surface area contributed by atoms with E-state index in [4.69, 9.17) is 4.42 Å². The zero-order valence-electron chi connectivity index (χ0n) is 29.4. The Bertz CT molecular complexity index is 2740. The first-order valence-corrected chi connectivity index (χ1v) is 18.6. The molecule has 2 aliphatic heterocycles. The van der Waals surface area contributed by atoms with Gasteiger partial charge in [-0.05, 0) is 82.1 Å². The minimum absolute atomic E-state index is 0.0774. The zero-order chi connectivity index (χ0) is 35.6. The van der Waals surface area contributed by atoms with Crippen molar-refractivity contribution in [3.8, 4) is 33.8 Å². The summed E-state index contributed by atoms with van der Waals surface area (Å²) in [5.41, 5.74) is 15.4. The average Bonchev–Trinajstić information content (AvgIpc) is 3.64. The molecule has 252 valence electrons. The first-order chi connectivity index (χ1) is 26.8. The monoisotopic (exact) mass is 688 g/mol. The topological polar surface area (TPSA) is 19.6 Å². The minimum atomic E-state index is 0.0774. The van der Waals surface area contributed by atoms with Crippen molar-refractivity contribution in [2.24, 2.45) is 0 Å². The number of furan rings is 1. The van der Waals surface area contributed by atoms with Gasteiger partial charge in [0.1, 0.15) is 11.5 Å². The van der Waals surface area contributed by atoms with Crippen LogP contribution >= 0.6 is 0 Å². The molecule has 1 aromatic heterocycles. The molecule has 4 heteroatoms. The number of hydrogen-bond acceptors (Lipinski definition) is 3. The number of benzene rings is 8. The molecular formula is C50H33BN2O. The number of para-hydroxylation sites is 4. The van der Waals surface area contributed by atoms with Crippen LogP contribution < -0.4 is 26.2 Å². The van der Waals surface area contributed by atoms with Gasteiger partial charge in [-0.25, -0.2) is 0 Å². The second-order valence-electron chi connectivity index (χ2n) is 14.1. The summed E-state index contributed by atoms with van der Waals surface area (Å²) in [5, 5.41) is 2.22. The van der Waals surface area contributed by atoms with E-state index < -0.39 is 0 Å². The Hall–Kier alpha value is -7.04. The molecule has 9 aromatic rings. The summed E-state index contributed by atoms with van der Waals surface area (Å²) in [7, 11) is 0. The quantitative estimate of drug-likeness (QED) is 0.168. The standard InChI is InChI=1S/C50H33BN2O/c1-4-17-34(18-5-1)49-40-25-10-11-26-41(40)50(54-49)36-20-16-19-35(31-36)37-32-46-48-47(33-37)53(39-23-8-3-9-24-39)45-30-15-13-28-43(45)51(48)42-27-12-14-29-44(42)52(46)38-21-6-2-7-22-38/h1-33H. The molecule has 3 heterocycles. The van der Waals surface area contributed by atoms with E-state index in [1.165, 1.54) is 39.1 Å². The molecule has 54 heavy (non-hydrogen) atoms. The highest BCUT2D eigenvalue weighted by Crippen LogP contribution is 2.46. The molecule has 2 aliphatic rings. The number of fused-ring (bicyclic) bond motifs is 5. The SMILES string of the molecule is c1ccc(-c2oc(-c3cccc(-c4cc5c6c(c4)N(c4ccccc4)c4ccccc4B6c4ccccc4N5c4ccccc4)c3)c3ccccc23)cc1. The van der Waals surface area contributed by atoms with Gasteiger partial charge in [0.05, 0.1) is 0 Å². The lowest BCUT2D eigenvalue weighted by atomic mass is 9.33. The van der Waals surface area contributed by atoms with Gasteiger partial charge in [-0.3, -0.25) is 0 Å². The molecule has 0 saturated carbocycles. The first kappa shape index (κ1) is 30.6. The van der Waals surface area contributed by atoms with Gasteiger partial charge in [0, 0.05) is 56.0 Å². The molecule has 0 N–H and O–H groups in total. The van der Waals surface area contributed by atoms with E-state index in [9.17, 15) is 0 Å². The molecule has 0 radical (unpaired) electrons. The number of nitrogens with zero attached hydrogens (tertiary/aromatic N) is 2. The van der Waals surface area contributed by atoms with Gasteiger partial charge in [-0.15, -0.1) is 0 Å². The van der Waals surface area contributed by atoms with E-state index in [1.807, 2.05) is 6.07 Å². The molecule has 0 atom stereocenters. The predicted octanol–water partition coefficient (Wildman–Crippen LogP) is 11.5. The first-order valence-electron chi connectivity index (χ1n) is 18.6. The second kappa shape index (κ2) is 12.3. The third kappa shape index (κ3) is 4.70. The van der Waals surface area contributed by atoms with Crippen LogP contribution in [-0.4, -0.2) is 6.71 Å². The van der Waals surface area contributed by atoms with Crippen LogP contribution in [0.2, 0.25) is 0 Å². The van der Waals surface area contributed by atoms with E-state index in [0.29, 0.717) is 0 Å². The summed E-state index contributed by atoms with van der Waals surface area (Å²) < 4.78 is 6.80. The lowest BCUT2D eigenvalue weighted by molar-refractivity contribution is 0.602. The van der Waals surface area contributed by atoms with Crippen LogP contribution in [0.1, 0.15) is 0 Å².